The van der Waals surface area contributed by atoms with Crippen LogP contribution in [0.1, 0.15) is 30.3 Å². The van der Waals surface area contributed by atoms with Crippen LogP contribution in [0.2, 0.25) is 0 Å². The van der Waals surface area contributed by atoms with E-state index in [0.29, 0.717) is 35.2 Å². The number of rotatable bonds is 3. The van der Waals surface area contributed by atoms with Gasteiger partial charge in [-0.2, -0.15) is 5.10 Å². The van der Waals surface area contributed by atoms with Crippen LogP contribution in [0, 0.1) is 5.92 Å². The fourth-order valence-electron chi connectivity index (χ4n) is 3.16. The number of aromatic amines is 1. The number of H-pyrrole nitrogens is 1. The molecule has 0 saturated carbocycles. The number of hydrogen-bond donors (Lipinski definition) is 2. The third-order valence-electron chi connectivity index (χ3n) is 4.53. The largest absolute Gasteiger partial charge is 0.481 e. The monoisotopic (exact) mass is 391 g/mol. The predicted octanol–water partition coefficient (Wildman–Crippen LogP) is 3.16. The molecule has 2 N–H and O–H groups in total. The number of piperidine rings is 1. The van der Waals surface area contributed by atoms with E-state index in [9.17, 15) is 14.7 Å². The number of halogens is 1. The van der Waals surface area contributed by atoms with E-state index in [4.69, 9.17) is 0 Å². The summed E-state index contributed by atoms with van der Waals surface area (Å²) in [7, 11) is 0. The Labute approximate surface area is 148 Å². The summed E-state index contributed by atoms with van der Waals surface area (Å²) in [5, 5.41) is 16.4. The molecule has 1 aromatic carbocycles. The Morgan fingerprint density at radius 2 is 2.04 bits per heavy atom. The number of aromatic nitrogens is 2. The summed E-state index contributed by atoms with van der Waals surface area (Å²) in [4.78, 5) is 25.9. The van der Waals surface area contributed by atoms with Crippen LogP contribution in [0.4, 0.5) is 0 Å². The van der Waals surface area contributed by atoms with Gasteiger partial charge in [-0.3, -0.25) is 14.7 Å². The topological polar surface area (TPSA) is 86.3 Å². The second-order valence-electron chi connectivity index (χ2n) is 5.95. The van der Waals surface area contributed by atoms with Gasteiger partial charge in [0.15, 0.2) is 0 Å². The third-order valence-corrected chi connectivity index (χ3v) is 5.31. The SMILES string of the molecule is C[C@@H]1[C@H](C(=O)O)CCCN1C(=O)c1[nH]nc(-c2ccccc2)c1Br. The summed E-state index contributed by atoms with van der Waals surface area (Å²) in [5.74, 6) is -1.61. The number of carboxylic acid groups (broad SMARTS) is 1. The minimum atomic E-state index is -0.853. The molecule has 0 spiro atoms. The predicted molar refractivity (Wildman–Crippen MR) is 92.6 cm³/mol. The molecule has 1 aliphatic heterocycles. The van der Waals surface area contributed by atoms with Crippen molar-refractivity contribution in [3.05, 3.63) is 40.5 Å². The molecule has 0 unspecified atom stereocenters. The zero-order valence-corrected chi connectivity index (χ0v) is 14.8. The van der Waals surface area contributed by atoms with Gasteiger partial charge in [-0.15, -0.1) is 0 Å². The highest BCUT2D eigenvalue weighted by molar-refractivity contribution is 9.10. The highest BCUT2D eigenvalue weighted by Gasteiger charge is 2.37. The van der Waals surface area contributed by atoms with Gasteiger partial charge in [0, 0.05) is 18.2 Å². The van der Waals surface area contributed by atoms with Gasteiger partial charge in [-0.05, 0) is 35.7 Å². The summed E-state index contributed by atoms with van der Waals surface area (Å²) < 4.78 is 0.600. The molecule has 3 rings (SSSR count). The van der Waals surface area contributed by atoms with E-state index in [1.165, 1.54) is 0 Å². The maximum absolute atomic E-state index is 12.9. The Morgan fingerprint density at radius 3 is 2.71 bits per heavy atom. The molecule has 1 saturated heterocycles. The lowest BCUT2D eigenvalue weighted by Gasteiger charge is -2.37. The van der Waals surface area contributed by atoms with Gasteiger partial charge in [0.05, 0.1) is 10.4 Å². The zero-order valence-electron chi connectivity index (χ0n) is 13.2. The van der Waals surface area contributed by atoms with Crippen molar-refractivity contribution in [2.45, 2.75) is 25.8 Å². The van der Waals surface area contributed by atoms with Gasteiger partial charge in [0.2, 0.25) is 0 Å². The molecule has 126 valence electrons. The molecule has 0 aliphatic carbocycles. The van der Waals surface area contributed by atoms with Crippen LogP contribution in [0.15, 0.2) is 34.8 Å². The number of amides is 1. The summed E-state index contributed by atoms with van der Waals surface area (Å²) in [5.41, 5.74) is 1.92. The van der Waals surface area contributed by atoms with Gasteiger partial charge in [0.25, 0.3) is 5.91 Å². The number of hydrogen-bond acceptors (Lipinski definition) is 3. The molecule has 2 atom stereocenters. The Kier molecular flexibility index (Phi) is 4.71. The number of benzene rings is 1. The second kappa shape index (κ2) is 6.76. The number of nitrogens with zero attached hydrogens (tertiary/aromatic N) is 2. The number of aliphatic carboxylic acids is 1. The normalized spacial score (nSPS) is 20.8. The average Bonchev–Trinajstić information content (AvgIpc) is 2.96. The van der Waals surface area contributed by atoms with Crippen LogP contribution in [-0.2, 0) is 4.79 Å². The molecular weight excluding hydrogens is 374 g/mol. The van der Waals surface area contributed by atoms with Crippen LogP contribution in [0.3, 0.4) is 0 Å². The van der Waals surface area contributed by atoms with Crippen LogP contribution < -0.4 is 0 Å². The molecule has 2 heterocycles. The molecule has 24 heavy (non-hydrogen) atoms. The maximum atomic E-state index is 12.9. The Morgan fingerprint density at radius 1 is 1.33 bits per heavy atom. The van der Waals surface area contributed by atoms with Crippen molar-refractivity contribution >= 4 is 27.8 Å². The van der Waals surface area contributed by atoms with E-state index in [2.05, 4.69) is 26.1 Å². The van der Waals surface area contributed by atoms with Crippen LogP contribution >= 0.6 is 15.9 Å². The number of nitrogens with one attached hydrogen (secondary N) is 1. The fourth-order valence-corrected chi connectivity index (χ4v) is 3.74. The van der Waals surface area contributed by atoms with E-state index in [1.54, 1.807) is 11.8 Å². The molecule has 1 amide bonds. The van der Waals surface area contributed by atoms with Crippen molar-refractivity contribution in [3.63, 3.8) is 0 Å². The molecule has 6 nitrogen and oxygen atoms in total. The summed E-state index contributed by atoms with van der Waals surface area (Å²) in [6.07, 6.45) is 1.28. The molecule has 7 heteroatoms. The minimum Gasteiger partial charge on any atom is -0.481 e. The van der Waals surface area contributed by atoms with E-state index in [-0.39, 0.29) is 11.9 Å². The molecule has 0 radical (unpaired) electrons. The quantitative estimate of drug-likeness (QED) is 0.840. The van der Waals surface area contributed by atoms with Gasteiger partial charge in [-0.25, -0.2) is 0 Å². The van der Waals surface area contributed by atoms with Crippen LogP contribution in [0.25, 0.3) is 11.3 Å². The van der Waals surface area contributed by atoms with E-state index in [0.717, 1.165) is 5.56 Å². The number of carbonyl (C=O) groups is 2. The minimum absolute atomic E-state index is 0.227. The number of likely N-dealkylation sites (tertiary alicyclic amines) is 1. The van der Waals surface area contributed by atoms with E-state index < -0.39 is 11.9 Å². The smallest absolute Gasteiger partial charge is 0.308 e. The lowest BCUT2D eigenvalue weighted by molar-refractivity contribution is -0.144. The lowest BCUT2D eigenvalue weighted by atomic mass is 9.90. The lowest BCUT2D eigenvalue weighted by Crippen LogP contribution is -2.49. The van der Waals surface area contributed by atoms with Crippen LogP contribution in [-0.4, -0.2) is 44.7 Å². The standard InChI is InChI=1S/C17H18BrN3O3/c1-10-12(17(23)24)8-5-9-21(10)16(22)15-13(18)14(19-20-15)11-6-3-2-4-7-11/h2-4,6-7,10,12H,5,8-9H2,1H3,(H,19,20)(H,23,24)/t10-,12-/m1/s1. The zero-order chi connectivity index (χ0) is 17.3. The maximum Gasteiger partial charge on any atom is 0.308 e. The van der Waals surface area contributed by atoms with Crippen molar-refractivity contribution < 1.29 is 14.7 Å². The third kappa shape index (κ3) is 2.96. The fraction of sp³-hybridized carbons (Fsp3) is 0.353. The molecule has 1 fully saturated rings. The van der Waals surface area contributed by atoms with Crippen LogP contribution in [0.5, 0.6) is 0 Å². The van der Waals surface area contributed by atoms with E-state index in [1.807, 2.05) is 30.3 Å². The van der Waals surface area contributed by atoms with Crippen molar-refractivity contribution in [2.24, 2.45) is 5.92 Å². The highest BCUT2D eigenvalue weighted by atomic mass is 79.9. The molecule has 1 aromatic heterocycles. The Bertz CT molecular complexity index is 760. The highest BCUT2D eigenvalue weighted by Crippen LogP contribution is 2.31. The van der Waals surface area contributed by atoms with Gasteiger partial charge in [0.1, 0.15) is 11.4 Å². The van der Waals surface area contributed by atoms with Gasteiger partial charge >= 0.3 is 5.97 Å². The van der Waals surface area contributed by atoms with Crippen molar-refractivity contribution in [1.29, 1.82) is 0 Å². The summed E-state index contributed by atoms with van der Waals surface area (Å²) in [6.45, 7) is 2.34. The van der Waals surface area contributed by atoms with Crippen molar-refractivity contribution in [2.75, 3.05) is 6.54 Å². The average molecular weight is 392 g/mol. The molecule has 0 bridgehead atoms. The van der Waals surface area contributed by atoms with Crippen molar-refractivity contribution in [3.8, 4) is 11.3 Å². The van der Waals surface area contributed by atoms with E-state index >= 15 is 0 Å². The molecule has 1 aliphatic rings. The second-order valence-corrected chi connectivity index (χ2v) is 6.75. The first-order chi connectivity index (χ1) is 11.5. The summed E-state index contributed by atoms with van der Waals surface area (Å²) >= 11 is 3.46. The first kappa shape index (κ1) is 16.7. The molecule has 2 aromatic rings. The number of carboxylic acids is 1. The molecular formula is C17H18BrN3O3. The first-order valence-corrected chi connectivity index (χ1v) is 8.63. The van der Waals surface area contributed by atoms with Crippen molar-refractivity contribution in [1.82, 2.24) is 15.1 Å². The Hall–Kier alpha value is -2.15. The number of carbonyl (C=O) groups excluding carboxylic acids is 1. The summed E-state index contributed by atoms with van der Waals surface area (Å²) in [6, 6.07) is 9.21. The Balaban J connectivity index is 1.88. The van der Waals surface area contributed by atoms with Gasteiger partial charge < -0.3 is 10.0 Å². The van der Waals surface area contributed by atoms with Gasteiger partial charge in [-0.1, -0.05) is 30.3 Å². The first-order valence-electron chi connectivity index (χ1n) is 7.83.